The first kappa shape index (κ1) is 28.8. The maximum absolute atomic E-state index is 10.1. The molecular weight excluding hydrogens is 438 g/mol. The SMILES string of the molecule is CCCCCC/C=C/[C@@H](O)[C@H](Cl)C[C@@H](Cl)CCCCCCCCC(Cl)(Cl)CO. The molecule has 2 nitrogen and oxygen atoms in total. The van der Waals surface area contributed by atoms with E-state index in [1.165, 1.54) is 25.7 Å². The van der Waals surface area contributed by atoms with Crippen LogP contribution in [0.4, 0.5) is 0 Å². The van der Waals surface area contributed by atoms with Crippen molar-refractivity contribution in [3.05, 3.63) is 12.2 Å². The van der Waals surface area contributed by atoms with Gasteiger partial charge in [0.05, 0.1) is 18.1 Å². The molecule has 0 aliphatic heterocycles. The Bertz CT molecular complexity index is 378. The van der Waals surface area contributed by atoms with Crippen molar-refractivity contribution in [3.8, 4) is 0 Å². The average molecular weight is 478 g/mol. The number of aliphatic hydroxyl groups is 2. The van der Waals surface area contributed by atoms with Crippen LogP contribution in [0, 0.1) is 0 Å². The maximum atomic E-state index is 10.1. The zero-order valence-corrected chi connectivity index (χ0v) is 20.4. The van der Waals surface area contributed by atoms with Gasteiger partial charge in [0.2, 0.25) is 0 Å². The van der Waals surface area contributed by atoms with Gasteiger partial charge in [-0.2, -0.15) is 0 Å². The standard InChI is InChI=1S/C22H40Cl4O2/c1-2-3-4-5-9-12-15-21(28)20(24)17-19(23)14-11-8-6-7-10-13-16-22(25,26)18-27/h12,15,19-21,27-28H,2-11,13-14,16-18H2,1H3/b15-12+/t19-,20+,21+/m0/s1. The van der Waals surface area contributed by atoms with Gasteiger partial charge in [0.1, 0.15) is 4.33 Å². The molecule has 0 unspecified atom stereocenters. The molecule has 0 spiro atoms. The monoisotopic (exact) mass is 476 g/mol. The minimum absolute atomic E-state index is 0.00720. The molecule has 0 aromatic carbocycles. The van der Waals surface area contributed by atoms with Crippen LogP contribution in [0.2, 0.25) is 0 Å². The van der Waals surface area contributed by atoms with E-state index in [0.717, 1.165) is 51.4 Å². The van der Waals surface area contributed by atoms with E-state index in [0.29, 0.717) is 12.8 Å². The minimum atomic E-state index is -0.987. The molecule has 2 N–H and O–H groups in total. The van der Waals surface area contributed by atoms with Crippen LogP contribution in [0.25, 0.3) is 0 Å². The van der Waals surface area contributed by atoms with Gasteiger partial charge < -0.3 is 10.2 Å². The Balaban J connectivity index is 3.66. The summed E-state index contributed by atoms with van der Waals surface area (Å²) in [4.78, 5) is 0. The zero-order chi connectivity index (χ0) is 21.3. The number of alkyl halides is 4. The molecule has 168 valence electrons. The number of aliphatic hydroxyl groups excluding tert-OH is 2. The molecule has 0 heterocycles. The first-order valence-corrected chi connectivity index (χ1v) is 12.6. The summed E-state index contributed by atoms with van der Waals surface area (Å²) in [6.45, 7) is 2.01. The Labute approximate surface area is 193 Å². The van der Waals surface area contributed by atoms with E-state index in [1.807, 2.05) is 12.2 Å². The molecule has 0 saturated carbocycles. The molecule has 0 aromatic heterocycles. The van der Waals surface area contributed by atoms with Crippen molar-refractivity contribution in [2.45, 2.75) is 118 Å². The lowest BCUT2D eigenvalue weighted by Gasteiger charge is -2.17. The fraction of sp³-hybridized carbons (Fsp3) is 0.909. The van der Waals surface area contributed by atoms with E-state index >= 15 is 0 Å². The molecule has 28 heavy (non-hydrogen) atoms. The fourth-order valence-corrected chi connectivity index (χ4v) is 4.09. The van der Waals surface area contributed by atoms with Crippen LogP contribution in [0.3, 0.4) is 0 Å². The number of halogens is 4. The van der Waals surface area contributed by atoms with Gasteiger partial charge in [-0.25, -0.2) is 0 Å². The highest BCUT2D eigenvalue weighted by atomic mass is 35.5. The second kappa shape index (κ2) is 18.6. The molecule has 6 heteroatoms. The third-order valence-electron chi connectivity index (χ3n) is 4.95. The van der Waals surface area contributed by atoms with Crippen LogP contribution in [0.1, 0.15) is 96.8 Å². The summed E-state index contributed by atoms with van der Waals surface area (Å²) in [7, 11) is 0. The molecule has 0 aliphatic rings. The lowest BCUT2D eigenvalue weighted by atomic mass is 10.0. The molecule has 3 atom stereocenters. The van der Waals surface area contributed by atoms with E-state index in [4.69, 9.17) is 51.5 Å². The van der Waals surface area contributed by atoms with Gasteiger partial charge in [0.15, 0.2) is 0 Å². The molecule has 0 aliphatic carbocycles. The van der Waals surface area contributed by atoms with Crippen LogP contribution < -0.4 is 0 Å². The van der Waals surface area contributed by atoms with Gasteiger partial charge >= 0.3 is 0 Å². The molecule has 0 bridgehead atoms. The second-order valence-electron chi connectivity index (χ2n) is 7.79. The summed E-state index contributed by atoms with van der Waals surface area (Å²) in [6, 6.07) is 0. The van der Waals surface area contributed by atoms with Crippen LogP contribution in [-0.2, 0) is 0 Å². The zero-order valence-electron chi connectivity index (χ0n) is 17.4. The summed E-state index contributed by atoms with van der Waals surface area (Å²) < 4.78 is -0.987. The van der Waals surface area contributed by atoms with E-state index < -0.39 is 10.4 Å². The van der Waals surface area contributed by atoms with Gasteiger partial charge in [-0.15, -0.1) is 23.2 Å². The number of rotatable bonds is 19. The van der Waals surface area contributed by atoms with Gasteiger partial charge in [0, 0.05) is 5.38 Å². The molecule has 0 aromatic rings. The summed E-state index contributed by atoms with van der Waals surface area (Å²) in [5.74, 6) is 0. The second-order valence-corrected chi connectivity index (χ2v) is 10.6. The lowest BCUT2D eigenvalue weighted by Crippen LogP contribution is -2.22. The van der Waals surface area contributed by atoms with Crippen molar-refractivity contribution in [1.82, 2.24) is 0 Å². The van der Waals surface area contributed by atoms with E-state index in [-0.39, 0.29) is 17.4 Å². The van der Waals surface area contributed by atoms with Gasteiger partial charge in [-0.1, -0.05) is 100 Å². The smallest absolute Gasteiger partial charge is 0.141 e. The van der Waals surface area contributed by atoms with Crippen molar-refractivity contribution in [2.75, 3.05) is 6.61 Å². The third-order valence-corrected chi connectivity index (χ3v) is 6.40. The van der Waals surface area contributed by atoms with Crippen molar-refractivity contribution in [1.29, 1.82) is 0 Å². The van der Waals surface area contributed by atoms with Crippen LogP contribution in [0.15, 0.2) is 12.2 Å². The molecule has 0 amide bonds. The molecule has 0 rings (SSSR count). The van der Waals surface area contributed by atoms with Crippen molar-refractivity contribution < 1.29 is 10.2 Å². The largest absolute Gasteiger partial charge is 0.393 e. The Morgan fingerprint density at radius 1 is 0.893 bits per heavy atom. The third kappa shape index (κ3) is 17.7. The highest BCUT2D eigenvalue weighted by Gasteiger charge is 2.21. The number of hydrogen-bond donors (Lipinski definition) is 2. The first-order valence-electron chi connectivity index (χ1n) is 10.9. The van der Waals surface area contributed by atoms with Crippen LogP contribution >= 0.6 is 46.4 Å². The molecule has 0 saturated heterocycles. The normalized spacial score (nSPS) is 15.8. The Morgan fingerprint density at radius 3 is 2.14 bits per heavy atom. The highest BCUT2D eigenvalue weighted by molar-refractivity contribution is 6.48. The van der Waals surface area contributed by atoms with E-state index in [9.17, 15) is 5.11 Å². The summed E-state index contributed by atoms with van der Waals surface area (Å²) in [5.41, 5.74) is 0. The van der Waals surface area contributed by atoms with Crippen molar-refractivity contribution in [2.24, 2.45) is 0 Å². The van der Waals surface area contributed by atoms with Gasteiger partial charge in [-0.05, 0) is 32.1 Å². The number of allylic oxidation sites excluding steroid dienone is 1. The quantitative estimate of drug-likeness (QED) is 0.113. The Hall–Kier alpha value is 0.820. The Morgan fingerprint density at radius 2 is 1.50 bits per heavy atom. The van der Waals surface area contributed by atoms with E-state index in [2.05, 4.69) is 6.92 Å². The number of unbranched alkanes of at least 4 members (excludes halogenated alkanes) is 9. The predicted octanol–water partition coefficient (Wildman–Crippen LogP) is 7.77. The van der Waals surface area contributed by atoms with Crippen LogP contribution in [0.5, 0.6) is 0 Å². The average Bonchev–Trinajstić information content (AvgIpc) is 2.66. The summed E-state index contributed by atoms with van der Waals surface area (Å²) in [5, 5.41) is 18.8. The van der Waals surface area contributed by atoms with Gasteiger partial charge in [-0.3, -0.25) is 0 Å². The molecular formula is C22H40Cl4O2. The summed E-state index contributed by atoms with van der Waals surface area (Å²) >= 11 is 24.5. The molecule has 0 radical (unpaired) electrons. The topological polar surface area (TPSA) is 40.5 Å². The molecule has 0 fully saturated rings. The van der Waals surface area contributed by atoms with E-state index in [1.54, 1.807) is 0 Å². The summed E-state index contributed by atoms with van der Waals surface area (Å²) in [6.07, 6.45) is 17.9. The highest BCUT2D eigenvalue weighted by Crippen LogP contribution is 2.27. The lowest BCUT2D eigenvalue weighted by molar-refractivity contribution is 0.212. The first-order chi connectivity index (χ1) is 13.3. The Kier molecular flexibility index (Phi) is 19.1. The fourth-order valence-electron chi connectivity index (χ4n) is 3.08. The van der Waals surface area contributed by atoms with Crippen molar-refractivity contribution in [3.63, 3.8) is 0 Å². The van der Waals surface area contributed by atoms with Crippen molar-refractivity contribution >= 4 is 46.4 Å². The maximum Gasteiger partial charge on any atom is 0.141 e. The van der Waals surface area contributed by atoms with Gasteiger partial charge in [0.25, 0.3) is 0 Å². The number of hydrogen-bond acceptors (Lipinski definition) is 2. The predicted molar refractivity (Wildman–Crippen MR) is 126 cm³/mol. The minimum Gasteiger partial charge on any atom is -0.393 e. The van der Waals surface area contributed by atoms with Crippen LogP contribution in [-0.4, -0.2) is 38.0 Å².